The second-order valence-electron chi connectivity index (χ2n) is 3.83. The summed E-state index contributed by atoms with van der Waals surface area (Å²) < 4.78 is 0. The largest absolute Gasteiger partial charge is 0.385 e. The first kappa shape index (κ1) is 9.55. The predicted octanol–water partition coefficient (Wildman–Crippen LogP) is 3.17. The Labute approximate surface area is 96.1 Å². The number of nitrogens with zero attached hydrogens (tertiary/aromatic N) is 2. The van der Waals surface area contributed by atoms with Crippen LogP contribution in [-0.2, 0) is 0 Å². The summed E-state index contributed by atoms with van der Waals surface area (Å²) in [5.41, 5.74) is 1.86. The van der Waals surface area contributed by atoms with E-state index in [-0.39, 0.29) is 5.43 Å². The van der Waals surface area contributed by atoms with Gasteiger partial charge in [-0.15, -0.1) is 0 Å². The van der Waals surface area contributed by atoms with Gasteiger partial charge in [0.1, 0.15) is 0 Å². The zero-order valence-corrected chi connectivity index (χ0v) is 8.84. The monoisotopic (exact) mass is 222 g/mol. The summed E-state index contributed by atoms with van der Waals surface area (Å²) in [7, 11) is 0. The average Bonchev–Trinajstić information content (AvgIpc) is 2.39. The molecule has 0 amide bonds. The summed E-state index contributed by atoms with van der Waals surface area (Å²) in [6.45, 7) is 0. The van der Waals surface area contributed by atoms with Gasteiger partial charge in [-0.25, -0.2) is 0 Å². The molecule has 0 spiro atoms. The van der Waals surface area contributed by atoms with E-state index < -0.39 is 0 Å². The molecule has 4 nitrogen and oxygen atoms in total. The molecule has 1 heterocycles. The van der Waals surface area contributed by atoms with E-state index in [9.17, 15) is 4.79 Å². The zero-order valence-electron chi connectivity index (χ0n) is 8.84. The van der Waals surface area contributed by atoms with Crippen LogP contribution in [0.15, 0.2) is 47.3 Å². The Morgan fingerprint density at radius 2 is 1.76 bits per heavy atom. The smallest absolute Gasteiger partial charge is 0.354 e. The van der Waals surface area contributed by atoms with Gasteiger partial charge < -0.3 is 4.98 Å². The fourth-order valence-corrected chi connectivity index (χ4v) is 1.97. The summed E-state index contributed by atoms with van der Waals surface area (Å²) in [6.07, 6.45) is 0. The maximum atomic E-state index is 12.2. The van der Waals surface area contributed by atoms with Crippen LogP contribution in [0.2, 0.25) is 0 Å². The summed E-state index contributed by atoms with van der Waals surface area (Å²) in [6, 6.07) is 12.3. The number of H-pyrrole nitrogens is 1. The molecule has 3 rings (SSSR count). The Kier molecular flexibility index (Phi) is 1.92. The average molecular weight is 222 g/mol. The molecule has 0 bridgehead atoms. The number of nitrogens with one attached hydrogen (secondary N) is 1. The first-order valence-corrected chi connectivity index (χ1v) is 5.19. The number of pyridine rings is 1. The third kappa shape index (κ3) is 1.37. The van der Waals surface area contributed by atoms with E-state index in [4.69, 9.17) is 5.39 Å². The molecule has 0 aliphatic heterocycles. The van der Waals surface area contributed by atoms with E-state index in [1.165, 1.54) is 0 Å². The number of para-hydroxylation sites is 1. The van der Waals surface area contributed by atoms with Crippen LogP contribution in [0, 0.1) is 5.39 Å². The predicted molar refractivity (Wildman–Crippen MR) is 66.8 cm³/mol. The summed E-state index contributed by atoms with van der Waals surface area (Å²) in [5, 5.41) is 9.88. The highest BCUT2D eigenvalue weighted by Gasteiger charge is 2.10. The topological polar surface area (TPSA) is 61.0 Å². The van der Waals surface area contributed by atoms with Crippen LogP contribution in [0.25, 0.3) is 26.8 Å². The van der Waals surface area contributed by atoms with E-state index in [0.29, 0.717) is 16.5 Å². The van der Waals surface area contributed by atoms with Crippen molar-refractivity contribution in [2.75, 3.05) is 0 Å². The third-order valence-corrected chi connectivity index (χ3v) is 2.80. The SMILES string of the molecule is N#[N+]c1ccc2[nH]c3ccccc3c(=O)c2c1. The number of aromatic amines is 1. The molecule has 1 aromatic heterocycles. The number of diazo groups is 1. The molecule has 0 saturated carbocycles. The molecule has 0 atom stereocenters. The van der Waals surface area contributed by atoms with Crippen molar-refractivity contribution in [3.8, 4) is 0 Å². The number of benzene rings is 2. The fraction of sp³-hybridized carbons (Fsp3) is 0. The Balaban J connectivity index is 2.57. The lowest BCUT2D eigenvalue weighted by Crippen LogP contribution is -2.03. The van der Waals surface area contributed by atoms with E-state index in [1.807, 2.05) is 18.2 Å². The standard InChI is InChI=1S/C13H7N3O/c14-16-8-5-6-12-10(7-8)13(17)9-3-1-2-4-11(9)15-12/h1-7H/p+1. The number of aromatic nitrogens is 1. The molecule has 0 fully saturated rings. The second-order valence-corrected chi connectivity index (χ2v) is 3.83. The first-order chi connectivity index (χ1) is 8.29. The van der Waals surface area contributed by atoms with Crippen molar-refractivity contribution in [2.24, 2.45) is 0 Å². The van der Waals surface area contributed by atoms with Crippen molar-refractivity contribution in [1.82, 2.24) is 4.98 Å². The maximum Gasteiger partial charge on any atom is 0.385 e. The van der Waals surface area contributed by atoms with Crippen molar-refractivity contribution in [3.63, 3.8) is 0 Å². The Morgan fingerprint density at radius 1 is 1.00 bits per heavy atom. The van der Waals surface area contributed by atoms with Gasteiger partial charge in [0, 0.05) is 23.0 Å². The second kappa shape index (κ2) is 3.42. The van der Waals surface area contributed by atoms with Crippen molar-refractivity contribution < 1.29 is 0 Å². The van der Waals surface area contributed by atoms with Crippen molar-refractivity contribution in [3.05, 3.63) is 57.7 Å². The number of hydrogen-bond donors (Lipinski definition) is 1. The van der Waals surface area contributed by atoms with Gasteiger partial charge in [-0.05, 0) is 18.2 Å². The van der Waals surface area contributed by atoms with E-state index in [1.54, 1.807) is 24.3 Å². The van der Waals surface area contributed by atoms with E-state index >= 15 is 0 Å². The molecule has 4 heteroatoms. The van der Waals surface area contributed by atoms with E-state index in [2.05, 4.69) is 9.96 Å². The highest BCUT2D eigenvalue weighted by Crippen LogP contribution is 2.19. The van der Waals surface area contributed by atoms with Gasteiger partial charge in [0.15, 0.2) is 10.4 Å². The molecule has 0 unspecified atom stereocenters. The van der Waals surface area contributed by atoms with Gasteiger partial charge in [-0.3, -0.25) is 4.79 Å². The summed E-state index contributed by atoms with van der Waals surface area (Å²) in [5.74, 6) is 0. The lowest BCUT2D eigenvalue weighted by atomic mass is 10.1. The number of hydrogen-bond acceptors (Lipinski definition) is 2. The highest BCUT2D eigenvalue weighted by atomic mass is 16.1. The Bertz CT molecular complexity index is 827. The minimum absolute atomic E-state index is 0.0557. The van der Waals surface area contributed by atoms with Gasteiger partial charge in [-0.1, -0.05) is 12.1 Å². The van der Waals surface area contributed by atoms with Gasteiger partial charge in [0.05, 0.1) is 10.9 Å². The molecule has 0 radical (unpaired) electrons. The van der Waals surface area contributed by atoms with Gasteiger partial charge in [0.25, 0.3) is 0 Å². The number of rotatable bonds is 0. The summed E-state index contributed by atoms with van der Waals surface area (Å²) >= 11 is 0. The van der Waals surface area contributed by atoms with Crippen molar-refractivity contribution in [1.29, 1.82) is 5.39 Å². The maximum absolute atomic E-state index is 12.2. The minimum Gasteiger partial charge on any atom is -0.354 e. The van der Waals surface area contributed by atoms with Crippen LogP contribution in [-0.4, -0.2) is 4.98 Å². The Morgan fingerprint density at radius 3 is 2.59 bits per heavy atom. The van der Waals surface area contributed by atoms with Crippen molar-refractivity contribution >= 4 is 27.5 Å². The van der Waals surface area contributed by atoms with Crippen molar-refractivity contribution in [2.45, 2.75) is 0 Å². The molecule has 2 aromatic carbocycles. The third-order valence-electron chi connectivity index (χ3n) is 2.80. The van der Waals surface area contributed by atoms with Gasteiger partial charge in [0.2, 0.25) is 5.39 Å². The van der Waals surface area contributed by atoms with Crippen LogP contribution < -0.4 is 5.43 Å². The molecule has 0 saturated heterocycles. The number of fused-ring (bicyclic) bond motifs is 2. The molecule has 80 valence electrons. The fourth-order valence-electron chi connectivity index (χ4n) is 1.97. The lowest BCUT2D eigenvalue weighted by Gasteiger charge is -2.00. The van der Waals surface area contributed by atoms with Crippen LogP contribution in [0.3, 0.4) is 0 Å². The molecular formula is C13H8N3O+. The Hall–Kier alpha value is -2.67. The van der Waals surface area contributed by atoms with E-state index in [0.717, 1.165) is 11.0 Å². The summed E-state index contributed by atoms with van der Waals surface area (Å²) in [4.78, 5) is 18.5. The van der Waals surface area contributed by atoms with Crippen LogP contribution in [0.5, 0.6) is 0 Å². The first-order valence-electron chi connectivity index (χ1n) is 5.19. The zero-order chi connectivity index (χ0) is 11.8. The molecule has 0 aliphatic rings. The quantitative estimate of drug-likeness (QED) is 0.469. The molecule has 1 N–H and O–H groups in total. The molecule has 17 heavy (non-hydrogen) atoms. The minimum atomic E-state index is -0.0557. The highest BCUT2D eigenvalue weighted by molar-refractivity contribution is 5.93. The molecule has 3 aromatic rings. The van der Waals surface area contributed by atoms with Gasteiger partial charge in [-0.2, -0.15) is 0 Å². The van der Waals surface area contributed by atoms with Crippen LogP contribution in [0.4, 0.5) is 5.69 Å². The molecular weight excluding hydrogens is 214 g/mol. The van der Waals surface area contributed by atoms with Crippen LogP contribution >= 0.6 is 0 Å². The lowest BCUT2D eigenvalue weighted by molar-refractivity contribution is 1.45. The normalized spacial score (nSPS) is 10.5. The van der Waals surface area contributed by atoms with Crippen LogP contribution in [0.1, 0.15) is 0 Å². The van der Waals surface area contributed by atoms with Gasteiger partial charge >= 0.3 is 5.69 Å². The molecule has 0 aliphatic carbocycles.